The summed E-state index contributed by atoms with van der Waals surface area (Å²) in [7, 11) is 0. The topological polar surface area (TPSA) is 55.6 Å². The predicted octanol–water partition coefficient (Wildman–Crippen LogP) is 1.53. The summed E-state index contributed by atoms with van der Waals surface area (Å²) in [5.74, 6) is 0.542. The van der Waals surface area contributed by atoms with E-state index in [4.69, 9.17) is 10.5 Å². The molecule has 1 saturated heterocycles. The van der Waals surface area contributed by atoms with Crippen molar-refractivity contribution in [3.05, 3.63) is 0 Å². The zero-order valence-corrected chi connectivity index (χ0v) is 11.4. The van der Waals surface area contributed by atoms with Crippen LogP contribution in [0.25, 0.3) is 0 Å². The number of carbonyl (C=O) groups excluding carboxylic acids is 1. The molecule has 1 aliphatic heterocycles. The van der Waals surface area contributed by atoms with E-state index < -0.39 is 0 Å². The number of esters is 1. The quantitative estimate of drug-likeness (QED) is 0.773. The Morgan fingerprint density at radius 1 is 1.28 bits per heavy atom. The first-order chi connectivity index (χ1) is 8.77. The first kappa shape index (κ1) is 13.8. The highest BCUT2D eigenvalue weighted by molar-refractivity contribution is 5.76. The van der Waals surface area contributed by atoms with Crippen LogP contribution in [0.2, 0.25) is 0 Å². The molecule has 0 aromatic carbocycles. The van der Waals surface area contributed by atoms with E-state index in [-0.39, 0.29) is 12.0 Å². The van der Waals surface area contributed by atoms with E-state index in [9.17, 15) is 4.79 Å². The van der Waals surface area contributed by atoms with Gasteiger partial charge in [-0.2, -0.15) is 0 Å². The van der Waals surface area contributed by atoms with Crippen molar-refractivity contribution in [1.29, 1.82) is 0 Å². The average molecular weight is 254 g/mol. The van der Waals surface area contributed by atoms with Gasteiger partial charge in [-0.05, 0) is 51.6 Å². The summed E-state index contributed by atoms with van der Waals surface area (Å²) in [6.45, 7) is 4.14. The van der Waals surface area contributed by atoms with Gasteiger partial charge in [-0.25, -0.2) is 0 Å². The molecule has 4 heteroatoms. The molecule has 1 aliphatic carbocycles. The SMILES string of the molecule is CCOC(=O)C1CCCCN1C1CCCC1CN. The second-order valence-electron chi connectivity index (χ2n) is 5.50. The molecule has 4 nitrogen and oxygen atoms in total. The summed E-state index contributed by atoms with van der Waals surface area (Å²) < 4.78 is 5.23. The normalized spacial score (nSPS) is 33.6. The van der Waals surface area contributed by atoms with E-state index in [0.29, 0.717) is 18.6 Å². The molecular weight excluding hydrogens is 228 g/mol. The van der Waals surface area contributed by atoms with Crippen LogP contribution in [0.5, 0.6) is 0 Å². The number of piperidine rings is 1. The van der Waals surface area contributed by atoms with Crippen LogP contribution >= 0.6 is 0 Å². The minimum absolute atomic E-state index is 0.0177. The standard InChI is InChI=1S/C14H26N2O2/c1-2-18-14(17)13-7-3-4-9-16(13)12-8-5-6-11(12)10-15/h11-13H,2-10,15H2,1H3. The Kier molecular flexibility index (Phi) is 5.01. The van der Waals surface area contributed by atoms with Crippen molar-refractivity contribution in [3.8, 4) is 0 Å². The molecule has 2 N–H and O–H groups in total. The highest BCUT2D eigenvalue weighted by Gasteiger charge is 2.39. The minimum Gasteiger partial charge on any atom is -0.465 e. The van der Waals surface area contributed by atoms with Gasteiger partial charge in [-0.15, -0.1) is 0 Å². The molecule has 0 aromatic rings. The second kappa shape index (κ2) is 6.53. The Hall–Kier alpha value is -0.610. The fourth-order valence-electron chi connectivity index (χ4n) is 3.57. The molecular formula is C14H26N2O2. The zero-order valence-electron chi connectivity index (χ0n) is 11.4. The lowest BCUT2D eigenvalue weighted by Gasteiger charge is -2.40. The van der Waals surface area contributed by atoms with Crippen LogP contribution in [0.15, 0.2) is 0 Å². The summed E-state index contributed by atoms with van der Waals surface area (Å²) in [5.41, 5.74) is 5.87. The molecule has 0 bridgehead atoms. The monoisotopic (exact) mass is 254 g/mol. The zero-order chi connectivity index (χ0) is 13.0. The molecule has 0 spiro atoms. The number of carbonyl (C=O) groups is 1. The smallest absolute Gasteiger partial charge is 0.323 e. The fourth-order valence-corrected chi connectivity index (χ4v) is 3.57. The summed E-state index contributed by atoms with van der Waals surface area (Å²) in [6.07, 6.45) is 6.94. The maximum Gasteiger partial charge on any atom is 0.323 e. The molecule has 18 heavy (non-hydrogen) atoms. The van der Waals surface area contributed by atoms with E-state index in [1.54, 1.807) is 0 Å². The van der Waals surface area contributed by atoms with Crippen LogP contribution in [0.3, 0.4) is 0 Å². The minimum atomic E-state index is -0.0279. The van der Waals surface area contributed by atoms with E-state index >= 15 is 0 Å². The molecule has 0 radical (unpaired) electrons. The van der Waals surface area contributed by atoms with Crippen molar-refractivity contribution in [2.75, 3.05) is 19.7 Å². The number of likely N-dealkylation sites (tertiary alicyclic amines) is 1. The Morgan fingerprint density at radius 3 is 2.83 bits per heavy atom. The summed E-state index contributed by atoms with van der Waals surface area (Å²) >= 11 is 0. The van der Waals surface area contributed by atoms with E-state index in [0.717, 1.165) is 25.9 Å². The van der Waals surface area contributed by atoms with Crippen molar-refractivity contribution in [1.82, 2.24) is 4.90 Å². The number of nitrogens with two attached hydrogens (primary N) is 1. The van der Waals surface area contributed by atoms with Crippen LogP contribution < -0.4 is 5.73 Å². The summed E-state index contributed by atoms with van der Waals surface area (Å²) in [4.78, 5) is 14.5. The lowest BCUT2D eigenvalue weighted by atomic mass is 9.95. The molecule has 3 unspecified atom stereocenters. The van der Waals surface area contributed by atoms with Gasteiger partial charge in [0.05, 0.1) is 6.61 Å². The van der Waals surface area contributed by atoms with Gasteiger partial charge in [0, 0.05) is 6.04 Å². The van der Waals surface area contributed by atoms with Gasteiger partial charge in [-0.1, -0.05) is 12.8 Å². The molecule has 1 saturated carbocycles. The number of nitrogens with zero attached hydrogens (tertiary/aromatic N) is 1. The van der Waals surface area contributed by atoms with Gasteiger partial charge >= 0.3 is 5.97 Å². The first-order valence-corrected chi connectivity index (χ1v) is 7.40. The molecule has 0 amide bonds. The van der Waals surface area contributed by atoms with Crippen LogP contribution in [0, 0.1) is 5.92 Å². The van der Waals surface area contributed by atoms with Crippen molar-refractivity contribution >= 4 is 5.97 Å². The summed E-state index contributed by atoms with van der Waals surface area (Å²) in [6, 6.07) is 0.487. The van der Waals surface area contributed by atoms with Gasteiger partial charge in [0.25, 0.3) is 0 Å². The van der Waals surface area contributed by atoms with Gasteiger partial charge in [0.15, 0.2) is 0 Å². The lowest BCUT2D eigenvalue weighted by molar-refractivity contribution is -0.152. The molecule has 3 atom stereocenters. The third-order valence-electron chi connectivity index (χ3n) is 4.45. The highest BCUT2D eigenvalue weighted by atomic mass is 16.5. The van der Waals surface area contributed by atoms with E-state index in [1.165, 1.54) is 25.7 Å². The Balaban J connectivity index is 2.05. The van der Waals surface area contributed by atoms with Gasteiger partial charge in [0.2, 0.25) is 0 Å². The first-order valence-electron chi connectivity index (χ1n) is 7.40. The fraction of sp³-hybridized carbons (Fsp3) is 0.929. The molecule has 2 fully saturated rings. The van der Waals surface area contributed by atoms with Gasteiger partial charge < -0.3 is 10.5 Å². The molecule has 1 heterocycles. The van der Waals surface area contributed by atoms with E-state index in [1.807, 2.05) is 6.92 Å². The van der Waals surface area contributed by atoms with Gasteiger partial charge in [-0.3, -0.25) is 9.69 Å². The maximum absolute atomic E-state index is 12.1. The number of ether oxygens (including phenoxy) is 1. The Morgan fingerprint density at radius 2 is 2.11 bits per heavy atom. The van der Waals surface area contributed by atoms with Crippen molar-refractivity contribution in [3.63, 3.8) is 0 Å². The number of hydrogen-bond donors (Lipinski definition) is 1. The van der Waals surface area contributed by atoms with Crippen molar-refractivity contribution in [2.45, 2.75) is 57.5 Å². The molecule has 2 aliphatic rings. The lowest BCUT2D eigenvalue weighted by Crippen LogP contribution is -2.52. The van der Waals surface area contributed by atoms with Crippen LogP contribution in [0.1, 0.15) is 45.4 Å². The molecule has 0 aromatic heterocycles. The largest absolute Gasteiger partial charge is 0.465 e. The van der Waals surface area contributed by atoms with Crippen LogP contribution in [0.4, 0.5) is 0 Å². The number of rotatable bonds is 4. The third kappa shape index (κ3) is 2.86. The molecule has 104 valence electrons. The summed E-state index contributed by atoms with van der Waals surface area (Å²) in [5, 5.41) is 0. The number of hydrogen-bond acceptors (Lipinski definition) is 4. The Labute approximate surface area is 110 Å². The highest BCUT2D eigenvalue weighted by Crippen LogP contribution is 2.33. The van der Waals surface area contributed by atoms with Crippen molar-refractivity contribution in [2.24, 2.45) is 11.7 Å². The van der Waals surface area contributed by atoms with Crippen LogP contribution in [-0.2, 0) is 9.53 Å². The average Bonchev–Trinajstić information content (AvgIpc) is 2.87. The predicted molar refractivity (Wildman–Crippen MR) is 71.2 cm³/mol. The second-order valence-corrected chi connectivity index (χ2v) is 5.50. The van der Waals surface area contributed by atoms with Crippen molar-refractivity contribution < 1.29 is 9.53 Å². The van der Waals surface area contributed by atoms with E-state index in [2.05, 4.69) is 4.90 Å². The van der Waals surface area contributed by atoms with Gasteiger partial charge in [0.1, 0.15) is 6.04 Å². The van der Waals surface area contributed by atoms with Crippen LogP contribution in [-0.4, -0.2) is 42.6 Å². The maximum atomic E-state index is 12.1. The Bertz CT molecular complexity index is 283. The molecule has 2 rings (SSSR count). The third-order valence-corrected chi connectivity index (χ3v) is 4.45.